The highest BCUT2D eigenvalue weighted by atomic mass is 16.5. The van der Waals surface area contributed by atoms with Crippen LogP contribution < -0.4 is 9.47 Å². The zero-order valence-corrected chi connectivity index (χ0v) is 14.8. The first kappa shape index (κ1) is 17.3. The molecule has 1 aliphatic rings. The smallest absolute Gasteiger partial charge is 0.232 e. The molecule has 0 N–H and O–H groups in total. The average molecular weight is 345 g/mol. The molecule has 0 bridgehead atoms. The fourth-order valence-corrected chi connectivity index (χ4v) is 3.05. The van der Waals surface area contributed by atoms with Gasteiger partial charge in [-0.2, -0.15) is 4.98 Å². The molecule has 0 spiro atoms. The number of aromatic nitrogens is 2. The van der Waals surface area contributed by atoms with Crippen LogP contribution >= 0.6 is 0 Å². The second-order valence-corrected chi connectivity index (χ2v) is 6.16. The van der Waals surface area contributed by atoms with Crippen LogP contribution in [0.25, 0.3) is 0 Å². The van der Waals surface area contributed by atoms with Gasteiger partial charge < -0.3 is 18.9 Å². The van der Waals surface area contributed by atoms with Crippen LogP contribution in [0.4, 0.5) is 0 Å². The standard InChI is InChI=1S/C18H23N3O4/c1-4-5-16-19-18(25-20-16)13-9-17(22)21(11-13)10-12-6-7-14(23-2)15(8-12)24-3/h6-8,13H,4-5,9-11H2,1-3H3. The van der Waals surface area contributed by atoms with Gasteiger partial charge in [0, 0.05) is 25.9 Å². The van der Waals surface area contributed by atoms with Gasteiger partial charge in [-0.15, -0.1) is 0 Å². The number of carbonyl (C=O) groups excluding carboxylic acids is 1. The van der Waals surface area contributed by atoms with E-state index in [1.54, 1.807) is 14.2 Å². The third-order valence-electron chi connectivity index (χ3n) is 4.34. The number of ether oxygens (including phenoxy) is 2. The fourth-order valence-electron chi connectivity index (χ4n) is 3.05. The number of aryl methyl sites for hydroxylation is 1. The number of benzene rings is 1. The summed E-state index contributed by atoms with van der Waals surface area (Å²) in [7, 11) is 3.20. The molecule has 134 valence electrons. The van der Waals surface area contributed by atoms with E-state index < -0.39 is 0 Å². The molecule has 1 atom stereocenters. The summed E-state index contributed by atoms with van der Waals surface area (Å²) in [5.74, 6) is 2.66. The van der Waals surface area contributed by atoms with Crippen molar-refractivity contribution in [3.63, 3.8) is 0 Å². The van der Waals surface area contributed by atoms with Crippen molar-refractivity contribution in [2.24, 2.45) is 0 Å². The summed E-state index contributed by atoms with van der Waals surface area (Å²) in [5, 5.41) is 3.98. The summed E-state index contributed by atoms with van der Waals surface area (Å²) < 4.78 is 15.9. The van der Waals surface area contributed by atoms with Gasteiger partial charge in [-0.3, -0.25) is 4.79 Å². The molecule has 1 aromatic carbocycles. The van der Waals surface area contributed by atoms with Crippen molar-refractivity contribution in [2.45, 2.75) is 38.6 Å². The number of likely N-dealkylation sites (tertiary alicyclic amines) is 1. The zero-order valence-electron chi connectivity index (χ0n) is 14.8. The van der Waals surface area contributed by atoms with Gasteiger partial charge >= 0.3 is 0 Å². The Balaban J connectivity index is 1.68. The molecule has 1 aromatic heterocycles. The number of hydrogen-bond acceptors (Lipinski definition) is 6. The average Bonchev–Trinajstić information content (AvgIpc) is 3.22. The van der Waals surface area contributed by atoms with Crippen LogP contribution in [0.3, 0.4) is 0 Å². The Morgan fingerprint density at radius 3 is 2.80 bits per heavy atom. The predicted molar refractivity (Wildman–Crippen MR) is 90.6 cm³/mol. The van der Waals surface area contributed by atoms with Gasteiger partial charge in [-0.1, -0.05) is 18.1 Å². The van der Waals surface area contributed by atoms with Crippen LogP contribution in [-0.4, -0.2) is 41.7 Å². The van der Waals surface area contributed by atoms with E-state index in [1.165, 1.54) is 0 Å². The van der Waals surface area contributed by atoms with Crippen molar-refractivity contribution in [1.82, 2.24) is 15.0 Å². The SMILES string of the molecule is CCCc1noc(C2CC(=O)N(Cc3ccc(OC)c(OC)c3)C2)n1. The molecule has 7 nitrogen and oxygen atoms in total. The first-order chi connectivity index (χ1) is 12.1. The second kappa shape index (κ2) is 7.55. The molecule has 2 heterocycles. The molecule has 1 amide bonds. The van der Waals surface area contributed by atoms with E-state index in [2.05, 4.69) is 17.1 Å². The van der Waals surface area contributed by atoms with E-state index >= 15 is 0 Å². The van der Waals surface area contributed by atoms with Gasteiger partial charge in [0.1, 0.15) is 0 Å². The van der Waals surface area contributed by atoms with Gasteiger partial charge in [-0.05, 0) is 24.1 Å². The Morgan fingerprint density at radius 2 is 2.08 bits per heavy atom. The predicted octanol–water partition coefficient (Wildman–Crippen LogP) is 2.56. The van der Waals surface area contributed by atoms with Crippen LogP contribution in [0.5, 0.6) is 11.5 Å². The molecule has 0 saturated carbocycles. The maximum absolute atomic E-state index is 12.4. The van der Waals surface area contributed by atoms with Crippen molar-refractivity contribution in [3.8, 4) is 11.5 Å². The number of hydrogen-bond donors (Lipinski definition) is 0. The van der Waals surface area contributed by atoms with Crippen molar-refractivity contribution < 1.29 is 18.8 Å². The summed E-state index contributed by atoms with van der Waals surface area (Å²) >= 11 is 0. The molecule has 0 aliphatic carbocycles. The molecule has 1 aliphatic heterocycles. The lowest BCUT2D eigenvalue weighted by Crippen LogP contribution is -2.24. The van der Waals surface area contributed by atoms with Crippen LogP contribution in [0.2, 0.25) is 0 Å². The quantitative estimate of drug-likeness (QED) is 0.767. The number of methoxy groups -OCH3 is 2. The summed E-state index contributed by atoms with van der Waals surface area (Å²) in [6.45, 7) is 3.17. The van der Waals surface area contributed by atoms with Crippen molar-refractivity contribution in [3.05, 3.63) is 35.5 Å². The summed E-state index contributed by atoms with van der Waals surface area (Å²) in [4.78, 5) is 18.6. The topological polar surface area (TPSA) is 77.7 Å². The highest BCUT2D eigenvalue weighted by Crippen LogP contribution is 2.31. The highest BCUT2D eigenvalue weighted by Gasteiger charge is 2.34. The van der Waals surface area contributed by atoms with Crippen LogP contribution in [0.1, 0.15) is 43.0 Å². The lowest BCUT2D eigenvalue weighted by Gasteiger charge is -2.17. The summed E-state index contributed by atoms with van der Waals surface area (Å²) in [6.07, 6.45) is 2.16. The minimum atomic E-state index is -0.0363. The maximum Gasteiger partial charge on any atom is 0.232 e. The van der Waals surface area contributed by atoms with Crippen molar-refractivity contribution >= 4 is 5.91 Å². The molecule has 7 heteroatoms. The van der Waals surface area contributed by atoms with Gasteiger partial charge in [0.2, 0.25) is 11.8 Å². The van der Waals surface area contributed by atoms with E-state index in [-0.39, 0.29) is 11.8 Å². The Hall–Kier alpha value is -2.57. The number of amides is 1. The van der Waals surface area contributed by atoms with E-state index in [1.807, 2.05) is 23.1 Å². The summed E-state index contributed by atoms with van der Waals surface area (Å²) in [6, 6.07) is 5.68. The number of rotatable bonds is 7. The monoisotopic (exact) mass is 345 g/mol. The molecular formula is C18H23N3O4. The van der Waals surface area contributed by atoms with E-state index in [0.29, 0.717) is 42.7 Å². The largest absolute Gasteiger partial charge is 0.493 e. The minimum Gasteiger partial charge on any atom is -0.493 e. The summed E-state index contributed by atoms with van der Waals surface area (Å²) in [5.41, 5.74) is 0.990. The van der Waals surface area contributed by atoms with E-state index in [9.17, 15) is 4.79 Å². The maximum atomic E-state index is 12.4. The van der Waals surface area contributed by atoms with Crippen LogP contribution in [-0.2, 0) is 17.8 Å². The Bertz CT molecular complexity index is 744. The van der Waals surface area contributed by atoms with Gasteiger partial charge in [0.25, 0.3) is 0 Å². The lowest BCUT2D eigenvalue weighted by molar-refractivity contribution is -0.128. The first-order valence-corrected chi connectivity index (χ1v) is 8.45. The zero-order chi connectivity index (χ0) is 17.8. The molecule has 1 unspecified atom stereocenters. The Kier molecular flexibility index (Phi) is 5.21. The third-order valence-corrected chi connectivity index (χ3v) is 4.34. The molecule has 1 fully saturated rings. The van der Waals surface area contributed by atoms with E-state index in [0.717, 1.165) is 18.4 Å². The fraction of sp³-hybridized carbons (Fsp3) is 0.500. The first-order valence-electron chi connectivity index (χ1n) is 8.45. The third kappa shape index (κ3) is 3.75. The van der Waals surface area contributed by atoms with Gasteiger partial charge in [-0.25, -0.2) is 0 Å². The minimum absolute atomic E-state index is 0.0363. The van der Waals surface area contributed by atoms with Crippen LogP contribution in [0, 0.1) is 0 Å². The van der Waals surface area contributed by atoms with Crippen molar-refractivity contribution in [2.75, 3.05) is 20.8 Å². The molecule has 3 rings (SSSR count). The second-order valence-electron chi connectivity index (χ2n) is 6.16. The van der Waals surface area contributed by atoms with E-state index in [4.69, 9.17) is 14.0 Å². The molecular weight excluding hydrogens is 322 g/mol. The number of nitrogens with zero attached hydrogens (tertiary/aromatic N) is 3. The van der Waals surface area contributed by atoms with Gasteiger partial charge in [0.15, 0.2) is 17.3 Å². The molecule has 1 saturated heterocycles. The normalized spacial score (nSPS) is 17.2. The molecule has 2 aromatic rings. The van der Waals surface area contributed by atoms with Gasteiger partial charge in [0.05, 0.1) is 20.1 Å². The Morgan fingerprint density at radius 1 is 1.28 bits per heavy atom. The van der Waals surface area contributed by atoms with Crippen LogP contribution in [0.15, 0.2) is 22.7 Å². The highest BCUT2D eigenvalue weighted by molar-refractivity contribution is 5.79. The molecule has 0 radical (unpaired) electrons. The molecule has 25 heavy (non-hydrogen) atoms. The lowest BCUT2D eigenvalue weighted by atomic mass is 10.1. The van der Waals surface area contributed by atoms with Crippen molar-refractivity contribution in [1.29, 1.82) is 0 Å². The number of carbonyl (C=O) groups is 1. The Labute approximate surface area is 146 Å².